The number of halogens is 1. The summed E-state index contributed by atoms with van der Waals surface area (Å²) in [4.78, 5) is 23.4. The molecular formula is C14H13ClN2O2S. The van der Waals surface area contributed by atoms with Crippen LogP contribution in [-0.2, 0) is 0 Å². The first-order valence-corrected chi connectivity index (χ1v) is 7.33. The highest BCUT2D eigenvalue weighted by Crippen LogP contribution is 2.09. The summed E-state index contributed by atoms with van der Waals surface area (Å²) in [6.07, 6.45) is 0. The largest absolute Gasteiger partial charge is 0.350 e. The number of hydrogen-bond donors (Lipinski definition) is 2. The van der Waals surface area contributed by atoms with Crippen molar-refractivity contribution in [3.8, 4) is 0 Å². The lowest BCUT2D eigenvalue weighted by atomic mass is 10.2. The number of hydrogen-bond acceptors (Lipinski definition) is 3. The molecule has 1 heterocycles. The van der Waals surface area contributed by atoms with Crippen molar-refractivity contribution in [1.82, 2.24) is 10.6 Å². The summed E-state index contributed by atoms with van der Waals surface area (Å²) in [7, 11) is 0. The highest BCUT2D eigenvalue weighted by atomic mass is 35.5. The minimum absolute atomic E-state index is 0.132. The predicted octanol–water partition coefficient (Wildman–Crippen LogP) is 2.56. The fraction of sp³-hybridized carbons (Fsp3) is 0.143. The van der Waals surface area contributed by atoms with Crippen molar-refractivity contribution >= 4 is 34.8 Å². The van der Waals surface area contributed by atoms with E-state index in [-0.39, 0.29) is 11.8 Å². The highest BCUT2D eigenvalue weighted by Gasteiger charge is 2.06. The molecule has 0 aliphatic rings. The molecule has 2 aromatic rings. The van der Waals surface area contributed by atoms with E-state index in [2.05, 4.69) is 10.6 Å². The minimum atomic E-state index is -0.188. The van der Waals surface area contributed by atoms with Gasteiger partial charge in [-0.2, -0.15) is 11.3 Å². The van der Waals surface area contributed by atoms with Gasteiger partial charge in [-0.05, 0) is 35.7 Å². The first kappa shape index (κ1) is 14.6. The number of carbonyl (C=O) groups excluding carboxylic acids is 2. The summed E-state index contributed by atoms with van der Waals surface area (Å²) in [5.74, 6) is -0.321. The zero-order chi connectivity index (χ0) is 14.4. The third-order valence-corrected chi connectivity index (χ3v) is 3.52. The van der Waals surface area contributed by atoms with Gasteiger partial charge in [0, 0.05) is 34.6 Å². The lowest BCUT2D eigenvalue weighted by Crippen LogP contribution is -2.34. The molecule has 0 spiro atoms. The Hall–Kier alpha value is -1.85. The number of benzene rings is 1. The Morgan fingerprint density at radius 3 is 2.10 bits per heavy atom. The number of nitrogens with one attached hydrogen (secondary N) is 2. The Morgan fingerprint density at radius 1 is 0.950 bits per heavy atom. The number of carbonyl (C=O) groups is 2. The molecule has 2 N–H and O–H groups in total. The first-order valence-electron chi connectivity index (χ1n) is 6.01. The van der Waals surface area contributed by atoms with Gasteiger partial charge in [-0.1, -0.05) is 11.6 Å². The quantitative estimate of drug-likeness (QED) is 0.834. The van der Waals surface area contributed by atoms with Gasteiger partial charge < -0.3 is 10.6 Å². The van der Waals surface area contributed by atoms with Crippen LogP contribution in [0.5, 0.6) is 0 Å². The number of amides is 2. The molecule has 104 valence electrons. The maximum absolute atomic E-state index is 11.8. The van der Waals surface area contributed by atoms with Crippen molar-refractivity contribution in [2.45, 2.75) is 0 Å². The van der Waals surface area contributed by atoms with E-state index in [1.165, 1.54) is 11.3 Å². The molecule has 0 unspecified atom stereocenters. The summed E-state index contributed by atoms with van der Waals surface area (Å²) in [5.41, 5.74) is 1.18. The average Bonchev–Trinajstić information content (AvgIpc) is 2.98. The molecule has 2 rings (SSSR count). The fourth-order valence-corrected chi connectivity index (χ4v) is 2.31. The molecule has 4 nitrogen and oxygen atoms in total. The van der Waals surface area contributed by atoms with Crippen molar-refractivity contribution in [3.63, 3.8) is 0 Å². The second-order valence-corrected chi connectivity index (χ2v) is 5.25. The maximum Gasteiger partial charge on any atom is 0.252 e. The minimum Gasteiger partial charge on any atom is -0.350 e. The molecule has 0 bridgehead atoms. The topological polar surface area (TPSA) is 58.2 Å². The Labute approximate surface area is 125 Å². The molecular weight excluding hydrogens is 296 g/mol. The summed E-state index contributed by atoms with van der Waals surface area (Å²) < 4.78 is 0. The fourth-order valence-electron chi connectivity index (χ4n) is 1.55. The normalized spacial score (nSPS) is 10.1. The third-order valence-electron chi connectivity index (χ3n) is 2.59. The molecule has 0 saturated heterocycles. The van der Waals surface area contributed by atoms with E-state index in [0.29, 0.717) is 29.2 Å². The van der Waals surface area contributed by atoms with Crippen LogP contribution in [0.1, 0.15) is 20.7 Å². The van der Waals surface area contributed by atoms with Crippen LogP contribution in [0.15, 0.2) is 41.1 Å². The molecule has 0 radical (unpaired) electrons. The van der Waals surface area contributed by atoms with Gasteiger partial charge in [-0.25, -0.2) is 0 Å². The van der Waals surface area contributed by atoms with Gasteiger partial charge in [-0.3, -0.25) is 9.59 Å². The monoisotopic (exact) mass is 308 g/mol. The summed E-state index contributed by atoms with van der Waals surface area (Å²) in [6.45, 7) is 0.755. The van der Waals surface area contributed by atoms with Crippen molar-refractivity contribution in [2.24, 2.45) is 0 Å². The lowest BCUT2D eigenvalue weighted by molar-refractivity contribution is 0.0928. The molecule has 6 heteroatoms. The van der Waals surface area contributed by atoms with Gasteiger partial charge in [-0.15, -0.1) is 0 Å². The van der Waals surface area contributed by atoms with Crippen LogP contribution in [0.3, 0.4) is 0 Å². The molecule has 1 aromatic carbocycles. The molecule has 0 saturated carbocycles. The number of rotatable bonds is 5. The van der Waals surface area contributed by atoms with Crippen molar-refractivity contribution in [3.05, 3.63) is 57.2 Å². The van der Waals surface area contributed by atoms with Crippen LogP contribution >= 0.6 is 22.9 Å². The standard InChI is InChI=1S/C14H13ClN2O2S/c15-12-3-1-10(2-4-12)13(18)16-6-7-17-14(19)11-5-8-20-9-11/h1-5,8-9H,6-7H2,(H,16,18)(H,17,19). The smallest absolute Gasteiger partial charge is 0.252 e. The summed E-state index contributed by atoms with van der Waals surface area (Å²) >= 11 is 7.22. The molecule has 0 atom stereocenters. The lowest BCUT2D eigenvalue weighted by Gasteiger charge is -2.06. The number of thiophene rings is 1. The molecule has 2 amide bonds. The van der Waals surface area contributed by atoms with E-state index in [9.17, 15) is 9.59 Å². The predicted molar refractivity (Wildman–Crippen MR) is 80.4 cm³/mol. The van der Waals surface area contributed by atoms with E-state index in [1.54, 1.807) is 35.7 Å². The SMILES string of the molecule is O=C(NCCNC(=O)c1ccsc1)c1ccc(Cl)cc1. The van der Waals surface area contributed by atoms with Gasteiger partial charge in [0.1, 0.15) is 0 Å². The van der Waals surface area contributed by atoms with Crippen LogP contribution < -0.4 is 10.6 Å². The zero-order valence-electron chi connectivity index (χ0n) is 10.6. The van der Waals surface area contributed by atoms with Gasteiger partial charge in [0.05, 0.1) is 0 Å². The van der Waals surface area contributed by atoms with Gasteiger partial charge in [0.25, 0.3) is 11.8 Å². The zero-order valence-corrected chi connectivity index (χ0v) is 12.1. The Balaban J connectivity index is 1.72. The van der Waals surface area contributed by atoms with Gasteiger partial charge in [0.15, 0.2) is 0 Å². The molecule has 1 aromatic heterocycles. The van der Waals surface area contributed by atoms with Gasteiger partial charge in [0.2, 0.25) is 0 Å². The van der Waals surface area contributed by atoms with Crippen LogP contribution in [0, 0.1) is 0 Å². The van der Waals surface area contributed by atoms with Crippen LogP contribution in [-0.4, -0.2) is 24.9 Å². The van der Waals surface area contributed by atoms with Gasteiger partial charge >= 0.3 is 0 Å². The average molecular weight is 309 g/mol. The first-order chi connectivity index (χ1) is 9.66. The van der Waals surface area contributed by atoms with Crippen molar-refractivity contribution < 1.29 is 9.59 Å². The molecule has 20 heavy (non-hydrogen) atoms. The molecule has 0 aliphatic heterocycles. The van der Waals surface area contributed by atoms with Crippen LogP contribution in [0.2, 0.25) is 5.02 Å². The van der Waals surface area contributed by atoms with Crippen LogP contribution in [0.4, 0.5) is 0 Å². The maximum atomic E-state index is 11.8. The summed E-state index contributed by atoms with van der Waals surface area (Å²) in [6, 6.07) is 8.39. The van der Waals surface area contributed by atoms with Crippen molar-refractivity contribution in [2.75, 3.05) is 13.1 Å². The van der Waals surface area contributed by atoms with E-state index in [0.717, 1.165) is 0 Å². The Morgan fingerprint density at radius 2 is 1.55 bits per heavy atom. The Bertz CT molecular complexity index is 582. The second kappa shape index (κ2) is 7.07. The molecule has 0 aliphatic carbocycles. The Kier molecular flexibility index (Phi) is 5.15. The van der Waals surface area contributed by atoms with Crippen molar-refractivity contribution in [1.29, 1.82) is 0 Å². The van der Waals surface area contributed by atoms with E-state index in [1.807, 2.05) is 5.38 Å². The van der Waals surface area contributed by atoms with E-state index >= 15 is 0 Å². The highest BCUT2D eigenvalue weighted by molar-refractivity contribution is 7.08. The second-order valence-electron chi connectivity index (χ2n) is 4.03. The third kappa shape index (κ3) is 4.08. The van der Waals surface area contributed by atoms with Crippen LogP contribution in [0.25, 0.3) is 0 Å². The summed E-state index contributed by atoms with van der Waals surface area (Å²) in [5, 5.41) is 9.67. The molecule has 0 fully saturated rings. The van der Waals surface area contributed by atoms with E-state index < -0.39 is 0 Å². The van der Waals surface area contributed by atoms with E-state index in [4.69, 9.17) is 11.6 Å².